The Labute approximate surface area is 350 Å². The summed E-state index contributed by atoms with van der Waals surface area (Å²) in [6.45, 7) is 9.55. The summed E-state index contributed by atoms with van der Waals surface area (Å²) in [7, 11) is 0. The average Bonchev–Trinajstić information content (AvgIpc) is 3.65. The van der Waals surface area contributed by atoms with Gasteiger partial charge in [0.25, 0.3) is 0 Å². The van der Waals surface area contributed by atoms with Gasteiger partial charge in [-0.15, -0.1) is 0 Å². The molecule has 0 N–H and O–H groups in total. The molecule has 8 aromatic carbocycles. The van der Waals surface area contributed by atoms with Crippen LogP contribution in [-0.4, -0.2) is 0 Å². The summed E-state index contributed by atoms with van der Waals surface area (Å²) < 4.78 is 0. The lowest BCUT2D eigenvalue weighted by Gasteiger charge is -2.29. The van der Waals surface area contributed by atoms with Crippen LogP contribution in [0.25, 0.3) is 55.3 Å². The molecular formula is C58H51N. The van der Waals surface area contributed by atoms with E-state index in [0.717, 1.165) is 0 Å². The first-order valence-corrected chi connectivity index (χ1v) is 21.8. The molecule has 0 amide bonds. The third kappa shape index (κ3) is 5.81. The quantitative estimate of drug-likeness (QED) is 0.163. The smallest absolute Gasteiger partial charge is 0.0474 e. The van der Waals surface area contributed by atoms with Gasteiger partial charge in [-0.25, -0.2) is 0 Å². The van der Waals surface area contributed by atoms with Gasteiger partial charge < -0.3 is 4.90 Å². The molecule has 0 spiro atoms. The monoisotopic (exact) mass is 761 g/mol. The summed E-state index contributed by atoms with van der Waals surface area (Å²) in [4.78, 5) is 2.50. The molecule has 0 aromatic heterocycles. The van der Waals surface area contributed by atoms with Crippen molar-refractivity contribution in [3.8, 4) is 44.5 Å². The first kappa shape index (κ1) is 35.9. The minimum absolute atomic E-state index is 0.0291. The van der Waals surface area contributed by atoms with E-state index in [0.29, 0.717) is 5.92 Å². The molecule has 3 aliphatic rings. The van der Waals surface area contributed by atoms with E-state index in [1.165, 1.54) is 132 Å². The van der Waals surface area contributed by atoms with Gasteiger partial charge >= 0.3 is 0 Å². The Morgan fingerprint density at radius 1 is 0.390 bits per heavy atom. The SMILES string of the molecule is CC1(C)c2ccccc2-c2ccc(-c3ccc4c(c3)-c3ccc(N(c5ccc(C6CCCCC6)cc5)c5cc(-c6ccccc6)c6ccccc6c5)cc3C4(C)C)cc21. The van der Waals surface area contributed by atoms with Gasteiger partial charge in [0, 0.05) is 27.9 Å². The van der Waals surface area contributed by atoms with Gasteiger partial charge in [0.2, 0.25) is 0 Å². The molecule has 0 heterocycles. The maximum atomic E-state index is 2.50. The minimum atomic E-state index is -0.157. The van der Waals surface area contributed by atoms with Crippen LogP contribution in [0, 0.1) is 0 Å². The van der Waals surface area contributed by atoms with E-state index in [4.69, 9.17) is 0 Å². The van der Waals surface area contributed by atoms with Gasteiger partial charge in [-0.05, 0) is 150 Å². The van der Waals surface area contributed by atoms with Gasteiger partial charge in [-0.2, -0.15) is 0 Å². The first-order chi connectivity index (χ1) is 28.8. The number of hydrogen-bond acceptors (Lipinski definition) is 1. The highest BCUT2D eigenvalue weighted by molar-refractivity contribution is 6.01. The second-order valence-corrected chi connectivity index (χ2v) is 18.4. The number of rotatable bonds is 6. The lowest BCUT2D eigenvalue weighted by molar-refractivity contribution is 0.443. The summed E-state index contributed by atoms with van der Waals surface area (Å²) in [5.41, 5.74) is 20.9. The second-order valence-electron chi connectivity index (χ2n) is 18.4. The molecule has 0 radical (unpaired) electrons. The van der Waals surface area contributed by atoms with Crippen molar-refractivity contribution in [2.75, 3.05) is 4.90 Å². The molecule has 0 saturated heterocycles. The Hall–Kier alpha value is -6.18. The maximum absolute atomic E-state index is 2.50. The van der Waals surface area contributed by atoms with Crippen LogP contribution >= 0.6 is 0 Å². The first-order valence-electron chi connectivity index (χ1n) is 21.8. The molecule has 0 unspecified atom stereocenters. The van der Waals surface area contributed by atoms with Crippen LogP contribution in [-0.2, 0) is 10.8 Å². The van der Waals surface area contributed by atoms with E-state index in [2.05, 4.69) is 202 Å². The molecule has 11 rings (SSSR count). The predicted octanol–water partition coefficient (Wildman–Crippen LogP) is 16.3. The van der Waals surface area contributed by atoms with Crippen LogP contribution < -0.4 is 4.90 Å². The lowest BCUT2D eigenvalue weighted by atomic mass is 9.81. The van der Waals surface area contributed by atoms with Crippen molar-refractivity contribution in [3.05, 3.63) is 198 Å². The molecular weight excluding hydrogens is 711 g/mol. The summed E-state index contributed by atoms with van der Waals surface area (Å²) in [5.74, 6) is 0.667. The molecule has 0 atom stereocenters. The van der Waals surface area contributed by atoms with E-state index < -0.39 is 0 Å². The van der Waals surface area contributed by atoms with E-state index in [1.807, 2.05) is 0 Å². The molecule has 1 nitrogen and oxygen atoms in total. The molecule has 8 aromatic rings. The highest BCUT2D eigenvalue weighted by Crippen LogP contribution is 2.53. The molecule has 1 fully saturated rings. The van der Waals surface area contributed by atoms with Crippen LogP contribution in [0.2, 0.25) is 0 Å². The Bertz CT molecular complexity index is 2910. The summed E-state index contributed by atoms with van der Waals surface area (Å²) in [5, 5.41) is 2.51. The van der Waals surface area contributed by atoms with Gasteiger partial charge in [-0.3, -0.25) is 0 Å². The van der Waals surface area contributed by atoms with E-state index in [-0.39, 0.29) is 10.8 Å². The molecule has 3 aliphatic carbocycles. The van der Waals surface area contributed by atoms with Crippen LogP contribution in [0.1, 0.15) is 93.5 Å². The Kier molecular flexibility index (Phi) is 8.35. The zero-order valence-corrected chi connectivity index (χ0v) is 34.7. The highest BCUT2D eigenvalue weighted by atomic mass is 15.1. The maximum Gasteiger partial charge on any atom is 0.0474 e. The number of benzene rings is 8. The van der Waals surface area contributed by atoms with Crippen molar-refractivity contribution < 1.29 is 0 Å². The van der Waals surface area contributed by atoms with Crippen molar-refractivity contribution in [2.24, 2.45) is 0 Å². The third-order valence-corrected chi connectivity index (χ3v) is 14.3. The van der Waals surface area contributed by atoms with Crippen molar-refractivity contribution in [3.63, 3.8) is 0 Å². The van der Waals surface area contributed by atoms with E-state index >= 15 is 0 Å². The second kappa shape index (κ2) is 13.7. The fourth-order valence-electron chi connectivity index (χ4n) is 11.0. The Morgan fingerprint density at radius 3 is 1.81 bits per heavy atom. The number of nitrogens with zero attached hydrogens (tertiary/aromatic N) is 1. The summed E-state index contributed by atoms with van der Waals surface area (Å²) >= 11 is 0. The van der Waals surface area contributed by atoms with Crippen LogP contribution in [0.15, 0.2) is 170 Å². The third-order valence-electron chi connectivity index (χ3n) is 14.3. The molecule has 59 heavy (non-hydrogen) atoms. The number of hydrogen-bond donors (Lipinski definition) is 0. The molecule has 1 heteroatoms. The number of fused-ring (bicyclic) bond motifs is 7. The Balaban J connectivity index is 1.03. The van der Waals surface area contributed by atoms with Crippen LogP contribution in [0.3, 0.4) is 0 Å². The fourth-order valence-corrected chi connectivity index (χ4v) is 11.0. The lowest BCUT2D eigenvalue weighted by Crippen LogP contribution is -2.16. The molecule has 1 saturated carbocycles. The van der Waals surface area contributed by atoms with E-state index in [9.17, 15) is 0 Å². The van der Waals surface area contributed by atoms with Gasteiger partial charge in [0.15, 0.2) is 0 Å². The molecule has 0 bridgehead atoms. The van der Waals surface area contributed by atoms with Gasteiger partial charge in [0.05, 0.1) is 0 Å². The summed E-state index contributed by atoms with van der Waals surface area (Å²) in [6, 6.07) is 64.6. The fraction of sp³-hybridized carbons (Fsp3) is 0.207. The average molecular weight is 762 g/mol. The van der Waals surface area contributed by atoms with Gasteiger partial charge in [0.1, 0.15) is 0 Å². The van der Waals surface area contributed by atoms with Crippen molar-refractivity contribution >= 4 is 27.8 Å². The van der Waals surface area contributed by atoms with Crippen LogP contribution in [0.4, 0.5) is 17.1 Å². The van der Waals surface area contributed by atoms with Crippen LogP contribution in [0.5, 0.6) is 0 Å². The summed E-state index contributed by atoms with van der Waals surface area (Å²) in [6.07, 6.45) is 6.65. The normalized spacial score (nSPS) is 16.0. The van der Waals surface area contributed by atoms with Gasteiger partial charge in [-0.1, -0.05) is 168 Å². The van der Waals surface area contributed by atoms with E-state index in [1.54, 1.807) is 0 Å². The topological polar surface area (TPSA) is 3.24 Å². The zero-order chi connectivity index (χ0) is 39.9. The predicted molar refractivity (Wildman–Crippen MR) is 250 cm³/mol. The van der Waals surface area contributed by atoms with Crippen molar-refractivity contribution in [1.82, 2.24) is 0 Å². The number of anilines is 3. The molecule has 0 aliphatic heterocycles. The minimum Gasteiger partial charge on any atom is -0.310 e. The highest BCUT2D eigenvalue weighted by Gasteiger charge is 2.38. The Morgan fingerprint density at radius 2 is 1.00 bits per heavy atom. The molecule has 288 valence electrons. The zero-order valence-electron chi connectivity index (χ0n) is 34.7. The van der Waals surface area contributed by atoms with Crippen molar-refractivity contribution in [1.29, 1.82) is 0 Å². The van der Waals surface area contributed by atoms with Crippen molar-refractivity contribution in [2.45, 2.75) is 76.5 Å². The largest absolute Gasteiger partial charge is 0.310 e. The standard InChI is InChI=1S/C58H51N/c1-57(2)53-22-14-13-21-48(53)49-30-25-42(35-55(49)57)41-26-32-54-52(34-41)50-31-29-45(37-56(50)58(54,3)4)59(44-27-23-39(24-28-44)38-15-7-5-8-16-38)46-33-43-19-11-12-20-47(43)51(36-46)40-17-9-6-10-18-40/h6,9-14,17-38H,5,7-8,15-16H2,1-4H3.